The zero-order valence-electron chi connectivity index (χ0n) is 17.0. The number of anilines is 1. The largest absolute Gasteiger partial charge is 0.482 e. The van der Waals surface area contributed by atoms with E-state index in [0.717, 1.165) is 22.0 Å². The number of rotatable bonds is 5. The van der Waals surface area contributed by atoms with Gasteiger partial charge in [-0.05, 0) is 41.5 Å². The molecule has 0 saturated carbocycles. The maximum absolute atomic E-state index is 13.0. The molecular weight excluding hydrogens is 426 g/mol. The quantitative estimate of drug-likeness (QED) is 0.416. The summed E-state index contributed by atoms with van der Waals surface area (Å²) < 4.78 is 5.43. The molecule has 1 aromatic heterocycles. The topological polar surface area (TPSA) is 83.2 Å². The first kappa shape index (κ1) is 20.2. The molecule has 3 aromatic carbocycles. The number of benzene rings is 3. The zero-order chi connectivity index (χ0) is 22.1. The average molecular weight is 446 g/mol. The van der Waals surface area contributed by atoms with Crippen molar-refractivity contribution in [1.29, 1.82) is 0 Å². The van der Waals surface area contributed by atoms with Crippen molar-refractivity contribution in [2.45, 2.75) is 5.92 Å². The SMILES string of the molecule is O=C1COc2cc(C(=O)NCC(c3ccccc3Cl)c3c[nH]c4ccccc34)ccc2N1. The van der Waals surface area contributed by atoms with E-state index in [-0.39, 0.29) is 24.3 Å². The Kier molecular flexibility index (Phi) is 5.29. The third-order valence-electron chi connectivity index (χ3n) is 5.62. The zero-order valence-corrected chi connectivity index (χ0v) is 17.8. The van der Waals surface area contributed by atoms with Crippen LogP contribution in [0.5, 0.6) is 5.75 Å². The Morgan fingerprint density at radius 3 is 2.75 bits per heavy atom. The van der Waals surface area contributed by atoms with Crippen LogP contribution in [-0.4, -0.2) is 29.9 Å². The van der Waals surface area contributed by atoms with E-state index >= 15 is 0 Å². The average Bonchev–Trinajstić information content (AvgIpc) is 3.24. The molecule has 1 atom stereocenters. The van der Waals surface area contributed by atoms with E-state index in [2.05, 4.69) is 21.7 Å². The summed E-state index contributed by atoms with van der Waals surface area (Å²) in [5, 5.41) is 7.50. The number of nitrogens with one attached hydrogen (secondary N) is 3. The third kappa shape index (κ3) is 3.81. The molecule has 7 heteroatoms. The summed E-state index contributed by atoms with van der Waals surface area (Å²) in [6.45, 7) is 0.298. The summed E-state index contributed by atoms with van der Waals surface area (Å²) in [6, 6.07) is 20.7. The molecule has 1 unspecified atom stereocenters. The van der Waals surface area contributed by atoms with Crippen LogP contribution in [0.3, 0.4) is 0 Å². The molecule has 160 valence electrons. The Balaban J connectivity index is 1.43. The fourth-order valence-electron chi connectivity index (χ4n) is 4.04. The van der Waals surface area contributed by atoms with Crippen molar-refractivity contribution in [3.8, 4) is 5.75 Å². The van der Waals surface area contributed by atoms with Gasteiger partial charge in [-0.1, -0.05) is 48.0 Å². The van der Waals surface area contributed by atoms with Gasteiger partial charge in [-0.15, -0.1) is 0 Å². The van der Waals surface area contributed by atoms with Crippen molar-refractivity contribution in [2.24, 2.45) is 0 Å². The second-order valence-corrected chi connectivity index (χ2v) is 8.03. The van der Waals surface area contributed by atoms with Crippen LogP contribution in [0.25, 0.3) is 10.9 Å². The molecule has 0 spiro atoms. The van der Waals surface area contributed by atoms with E-state index in [0.29, 0.717) is 28.6 Å². The Hall–Kier alpha value is -3.77. The Morgan fingerprint density at radius 2 is 1.88 bits per heavy atom. The first-order valence-electron chi connectivity index (χ1n) is 10.3. The highest BCUT2D eigenvalue weighted by Crippen LogP contribution is 2.34. The van der Waals surface area contributed by atoms with Crippen molar-refractivity contribution in [3.05, 3.63) is 94.6 Å². The van der Waals surface area contributed by atoms with E-state index in [1.165, 1.54) is 0 Å². The van der Waals surface area contributed by atoms with E-state index in [9.17, 15) is 9.59 Å². The van der Waals surface area contributed by atoms with Crippen molar-refractivity contribution < 1.29 is 14.3 Å². The molecule has 0 radical (unpaired) electrons. The lowest BCUT2D eigenvalue weighted by Gasteiger charge is -2.20. The lowest BCUT2D eigenvalue weighted by atomic mass is 9.90. The van der Waals surface area contributed by atoms with Gasteiger partial charge in [0.2, 0.25) is 0 Å². The smallest absolute Gasteiger partial charge is 0.262 e. The monoisotopic (exact) mass is 445 g/mol. The first-order chi connectivity index (χ1) is 15.6. The molecule has 6 nitrogen and oxygen atoms in total. The van der Waals surface area contributed by atoms with Crippen LogP contribution >= 0.6 is 11.6 Å². The molecule has 0 bridgehead atoms. The minimum absolute atomic E-state index is 0.0623. The summed E-state index contributed by atoms with van der Waals surface area (Å²) in [5.41, 5.74) is 4.04. The number of para-hydroxylation sites is 1. The van der Waals surface area contributed by atoms with E-state index < -0.39 is 0 Å². The number of fused-ring (bicyclic) bond motifs is 2. The van der Waals surface area contributed by atoms with E-state index in [1.807, 2.05) is 48.7 Å². The molecule has 1 aliphatic rings. The summed E-state index contributed by atoms with van der Waals surface area (Å²) in [4.78, 5) is 27.7. The Bertz CT molecular complexity index is 1330. The number of aromatic amines is 1. The molecule has 0 aliphatic carbocycles. The standard InChI is InChI=1S/C25H20ClN3O3/c26-20-7-3-1-5-16(20)18(19-12-27-21-8-4-2-6-17(19)21)13-28-25(31)15-9-10-22-23(11-15)32-14-24(30)29-22/h1-12,18,27H,13-14H2,(H,28,31)(H,29,30). The number of H-pyrrole nitrogens is 1. The molecule has 1 aliphatic heterocycles. The van der Waals surface area contributed by atoms with Gasteiger partial charge in [-0.3, -0.25) is 9.59 Å². The van der Waals surface area contributed by atoms with Crippen LogP contribution in [-0.2, 0) is 4.79 Å². The number of hydrogen-bond acceptors (Lipinski definition) is 3. The fraction of sp³-hybridized carbons (Fsp3) is 0.120. The van der Waals surface area contributed by atoms with Gasteiger partial charge < -0.3 is 20.4 Å². The van der Waals surface area contributed by atoms with Crippen molar-refractivity contribution in [2.75, 3.05) is 18.5 Å². The van der Waals surface area contributed by atoms with Crippen LogP contribution in [0.1, 0.15) is 27.4 Å². The van der Waals surface area contributed by atoms with Crippen molar-refractivity contribution in [3.63, 3.8) is 0 Å². The highest BCUT2D eigenvalue weighted by molar-refractivity contribution is 6.31. The molecule has 32 heavy (non-hydrogen) atoms. The molecule has 4 aromatic rings. The van der Waals surface area contributed by atoms with E-state index in [1.54, 1.807) is 18.2 Å². The van der Waals surface area contributed by atoms with Gasteiger partial charge in [0, 0.05) is 40.1 Å². The maximum atomic E-state index is 13.0. The predicted molar refractivity (Wildman–Crippen MR) is 124 cm³/mol. The fourth-order valence-corrected chi connectivity index (χ4v) is 4.31. The normalized spacial score (nSPS) is 13.7. The summed E-state index contributed by atoms with van der Waals surface area (Å²) in [7, 11) is 0. The molecule has 2 amide bonds. The van der Waals surface area contributed by atoms with Crippen LogP contribution in [0.2, 0.25) is 5.02 Å². The number of ether oxygens (including phenoxy) is 1. The third-order valence-corrected chi connectivity index (χ3v) is 5.96. The lowest BCUT2D eigenvalue weighted by molar-refractivity contribution is -0.118. The number of carbonyl (C=O) groups is 2. The minimum atomic E-state index is -0.231. The first-order valence-corrected chi connectivity index (χ1v) is 10.6. The van der Waals surface area contributed by atoms with Gasteiger partial charge in [-0.25, -0.2) is 0 Å². The predicted octanol–water partition coefficient (Wildman–Crippen LogP) is 4.71. The number of aromatic nitrogens is 1. The van der Waals surface area contributed by atoms with Crippen LogP contribution < -0.4 is 15.4 Å². The summed E-state index contributed by atoms with van der Waals surface area (Å²) in [5.74, 6) is -0.102. The number of hydrogen-bond donors (Lipinski definition) is 3. The molecular formula is C25H20ClN3O3. The van der Waals surface area contributed by atoms with Gasteiger partial charge in [0.1, 0.15) is 5.75 Å². The highest BCUT2D eigenvalue weighted by atomic mass is 35.5. The van der Waals surface area contributed by atoms with Gasteiger partial charge in [0.25, 0.3) is 11.8 Å². The number of halogens is 1. The molecule has 2 heterocycles. The van der Waals surface area contributed by atoms with Crippen LogP contribution in [0, 0.1) is 0 Å². The summed E-state index contributed by atoms with van der Waals surface area (Å²) >= 11 is 6.54. The second kappa shape index (κ2) is 8.40. The molecule has 5 rings (SSSR count). The Morgan fingerprint density at radius 1 is 1.06 bits per heavy atom. The van der Waals surface area contributed by atoms with Crippen LogP contribution in [0.4, 0.5) is 5.69 Å². The second-order valence-electron chi connectivity index (χ2n) is 7.62. The van der Waals surface area contributed by atoms with E-state index in [4.69, 9.17) is 16.3 Å². The van der Waals surface area contributed by atoms with Gasteiger partial charge in [-0.2, -0.15) is 0 Å². The van der Waals surface area contributed by atoms with Gasteiger partial charge in [0.15, 0.2) is 6.61 Å². The van der Waals surface area contributed by atoms with Crippen LogP contribution in [0.15, 0.2) is 72.9 Å². The summed E-state index contributed by atoms with van der Waals surface area (Å²) in [6.07, 6.45) is 1.97. The maximum Gasteiger partial charge on any atom is 0.262 e. The highest BCUT2D eigenvalue weighted by Gasteiger charge is 2.22. The molecule has 0 saturated heterocycles. The molecule has 0 fully saturated rings. The number of carbonyl (C=O) groups excluding carboxylic acids is 2. The van der Waals surface area contributed by atoms with Crippen molar-refractivity contribution >= 4 is 40.0 Å². The molecule has 3 N–H and O–H groups in total. The lowest BCUT2D eigenvalue weighted by Crippen LogP contribution is -2.30. The number of amides is 2. The van der Waals surface area contributed by atoms with Crippen molar-refractivity contribution in [1.82, 2.24) is 10.3 Å². The Labute approximate surface area is 189 Å². The van der Waals surface area contributed by atoms with Gasteiger partial charge in [0.05, 0.1) is 5.69 Å². The van der Waals surface area contributed by atoms with Gasteiger partial charge >= 0.3 is 0 Å². The minimum Gasteiger partial charge on any atom is -0.482 e.